The first-order chi connectivity index (χ1) is 8.50. The molecule has 96 valence electrons. The van der Waals surface area contributed by atoms with E-state index in [9.17, 15) is 8.42 Å². The van der Waals surface area contributed by atoms with Gasteiger partial charge in [0.25, 0.3) is 10.0 Å². The van der Waals surface area contributed by atoms with Crippen LogP contribution in [0.2, 0.25) is 0 Å². The van der Waals surface area contributed by atoms with E-state index in [0.717, 1.165) is 10.0 Å². The van der Waals surface area contributed by atoms with Gasteiger partial charge in [-0.3, -0.25) is 5.10 Å². The first kappa shape index (κ1) is 13.3. The van der Waals surface area contributed by atoms with Gasteiger partial charge < -0.3 is 0 Å². The van der Waals surface area contributed by atoms with Gasteiger partial charge in [0.15, 0.2) is 5.03 Å². The SMILES string of the molecule is CN(Cc1cccc(Br)c1)S(=O)(=O)c1ccn[nH]1. The molecule has 0 unspecified atom stereocenters. The number of aromatic amines is 1. The molecule has 1 heterocycles. The van der Waals surface area contributed by atoms with Crippen molar-refractivity contribution >= 4 is 26.0 Å². The van der Waals surface area contributed by atoms with Gasteiger partial charge in [-0.25, -0.2) is 8.42 Å². The first-order valence-corrected chi connectivity index (χ1v) is 7.43. The topological polar surface area (TPSA) is 66.1 Å². The summed E-state index contributed by atoms with van der Waals surface area (Å²) in [5.74, 6) is 0. The number of aromatic nitrogens is 2. The van der Waals surface area contributed by atoms with E-state index in [2.05, 4.69) is 26.1 Å². The number of nitrogens with one attached hydrogen (secondary N) is 1. The van der Waals surface area contributed by atoms with Gasteiger partial charge in [0, 0.05) is 18.1 Å². The van der Waals surface area contributed by atoms with Crippen LogP contribution in [-0.2, 0) is 16.6 Å². The number of halogens is 1. The molecule has 0 atom stereocenters. The van der Waals surface area contributed by atoms with Crippen molar-refractivity contribution in [3.8, 4) is 0 Å². The molecular formula is C11H12BrN3O2S. The molecule has 0 saturated heterocycles. The Bertz CT molecular complexity index is 625. The molecule has 0 aliphatic heterocycles. The molecule has 0 bridgehead atoms. The minimum atomic E-state index is -3.51. The van der Waals surface area contributed by atoms with Crippen molar-refractivity contribution in [2.24, 2.45) is 0 Å². The van der Waals surface area contributed by atoms with Crippen LogP contribution in [-0.4, -0.2) is 30.0 Å². The summed E-state index contributed by atoms with van der Waals surface area (Å²) in [5, 5.41) is 6.22. The summed E-state index contributed by atoms with van der Waals surface area (Å²) >= 11 is 3.36. The highest BCUT2D eigenvalue weighted by molar-refractivity contribution is 9.10. The highest BCUT2D eigenvalue weighted by atomic mass is 79.9. The van der Waals surface area contributed by atoms with Crippen LogP contribution in [0.1, 0.15) is 5.56 Å². The number of rotatable bonds is 4. The highest BCUT2D eigenvalue weighted by Crippen LogP contribution is 2.17. The smallest absolute Gasteiger partial charge is 0.260 e. The van der Waals surface area contributed by atoms with Crippen LogP contribution in [0.15, 0.2) is 46.0 Å². The third-order valence-electron chi connectivity index (χ3n) is 2.46. The molecule has 0 aliphatic rings. The summed E-state index contributed by atoms with van der Waals surface area (Å²) in [6.45, 7) is 0.306. The zero-order chi connectivity index (χ0) is 13.2. The molecule has 1 aromatic carbocycles. The molecule has 2 rings (SSSR count). The van der Waals surface area contributed by atoms with Gasteiger partial charge in [0.05, 0.1) is 6.20 Å². The Hall–Kier alpha value is -1.18. The van der Waals surface area contributed by atoms with Crippen LogP contribution in [0.3, 0.4) is 0 Å². The fraction of sp³-hybridized carbons (Fsp3) is 0.182. The predicted molar refractivity (Wildman–Crippen MR) is 71.4 cm³/mol. The second kappa shape index (κ2) is 5.21. The Morgan fingerprint density at radius 1 is 1.39 bits per heavy atom. The van der Waals surface area contributed by atoms with Crippen LogP contribution in [0.5, 0.6) is 0 Å². The van der Waals surface area contributed by atoms with E-state index in [4.69, 9.17) is 0 Å². The maximum atomic E-state index is 12.1. The minimum absolute atomic E-state index is 0.0972. The zero-order valence-corrected chi connectivity index (χ0v) is 12.1. The van der Waals surface area contributed by atoms with Gasteiger partial charge >= 0.3 is 0 Å². The van der Waals surface area contributed by atoms with E-state index in [1.165, 1.54) is 23.6 Å². The second-order valence-electron chi connectivity index (χ2n) is 3.81. The summed E-state index contributed by atoms with van der Waals surface area (Å²) in [6, 6.07) is 8.97. The molecule has 7 heteroatoms. The largest absolute Gasteiger partial charge is 0.266 e. The number of nitrogens with zero attached hydrogens (tertiary/aromatic N) is 2. The van der Waals surface area contributed by atoms with Crippen LogP contribution < -0.4 is 0 Å². The number of sulfonamides is 1. The standard InChI is InChI=1S/C11H12BrN3O2S/c1-15(8-9-3-2-4-10(12)7-9)18(16,17)11-5-6-13-14-11/h2-7H,8H2,1H3,(H,13,14). The van der Waals surface area contributed by atoms with Gasteiger partial charge in [0.2, 0.25) is 0 Å². The number of hydrogen-bond donors (Lipinski definition) is 1. The Labute approximate surface area is 114 Å². The van der Waals surface area contributed by atoms with E-state index < -0.39 is 10.0 Å². The van der Waals surface area contributed by atoms with E-state index in [1.807, 2.05) is 24.3 Å². The molecule has 1 N–H and O–H groups in total. The van der Waals surface area contributed by atoms with Crippen molar-refractivity contribution in [2.75, 3.05) is 7.05 Å². The lowest BCUT2D eigenvalue weighted by Gasteiger charge is -2.16. The lowest BCUT2D eigenvalue weighted by atomic mass is 10.2. The third kappa shape index (κ3) is 2.80. The molecular weight excluding hydrogens is 318 g/mol. The van der Waals surface area contributed by atoms with Crippen LogP contribution in [0, 0.1) is 0 Å². The maximum Gasteiger partial charge on any atom is 0.260 e. The normalized spacial score (nSPS) is 11.9. The first-order valence-electron chi connectivity index (χ1n) is 5.20. The van der Waals surface area contributed by atoms with Crippen molar-refractivity contribution in [2.45, 2.75) is 11.6 Å². The second-order valence-corrected chi connectivity index (χ2v) is 6.74. The van der Waals surface area contributed by atoms with Crippen molar-refractivity contribution in [3.05, 3.63) is 46.6 Å². The summed E-state index contributed by atoms with van der Waals surface area (Å²) in [7, 11) is -1.97. The Morgan fingerprint density at radius 2 is 2.17 bits per heavy atom. The predicted octanol–water partition coefficient (Wildman–Crippen LogP) is 1.99. The molecule has 0 aliphatic carbocycles. The van der Waals surface area contributed by atoms with Crippen LogP contribution in [0.25, 0.3) is 0 Å². The molecule has 0 radical (unpaired) electrons. The summed E-state index contributed by atoms with van der Waals surface area (Å²) in [4.78, 5) is 0. The van der Waals surface area contributed by atoms with Gasteiger partial charge in [0.1, 0.15) is 0 Å². The number of benzene rings is 1. The van der Waals surface area contributed by atoms with Gasteiger partial charge in [-0.1, -0.05) is 28.1 Å². The van der Waals surface area contributed by atoms with E-state index in [1.54, 1.807) is 0 Å². The average Bonchev–Trinajstić information content (AvgIpc) is 2.82. The van der Waals surface area contributed by atoms with Gasteiger partial charge in [-0.15, -0.1) is 0 Å². The Balaban J connectivity index is 2.20. The van der Waals surface area contributed by atoms with E-state index in [0.29, 0.717) is 6.54 Å². The van der Waals surface area contributed by atoms with Crippen molar-refractivity contribution < 1.29 is 8.42 Å². The monoisotopic (exact) mass is 329 g/mol. The van der Waals surface area contributed by atoms with Crippen molar-refractivity contribution in [1.82, 2.24) is 14.5 Å². The Morgan fingerprint density at radius 3 is 2.78 bits per heavy atom. The van der Waals surface area contributed by atoms with E-state index in [-0.39, 0.29) is 5.03 Å². The van der Waals surface area contributed by atoms with Crippen molar-refractivity contribution in [3.63, 3.8) is 0 Å². The summed E-state index contributed by atoms with van der Waals surface area (Å²) in [5.41, 5.74) is 0.912. The average molecular weight is 330 g/mol. The fourth-order valence-electron chi connectivity index (χ4n) is 1.53. The molecule has 0 amide bonds. The molecule has 2 aromatic rings. The summed E-state index contributed by atoms with van der Waals surface area (Å²) < 4.78 is 26.5. The minimum Gasteiger partial charge on any atom is -0.266 e. The van der Waals surface area contributed by atoms with Crippen LogP contribution in [0.4, 0.5) is 0 Å². The van der Waals surface area contributed by atoms with Gasteiger partial charge in [-0.05, 0) is 23.8 Å². The molecule has 0 fully saturated rings. The van der Waals surface area contributed by atoms with E-state index >= 15 is 0 Å². The highest BCUT2D eigenvalue weighted by Gasteiger charge is 2.22. The lowest BCUT2D eigenvalue weighted by molar-refractivity contribution is 0.463. The molecule has 1 aromatic heterocycles. The Kier molecular flexibility index (Phi) is 3.84. The quantitative estimate of drug-likeness (QED) is 0.932. The summed E-state index contributed by atoms with van der Waals surface area (Å²) in [6.07, 6.45) is 1.42. The third-order valence-corrected chi connectivity index (χ3v) is 4.68. The molecule has 0 saturated carbocycles. The number of H-pyrrole nitrogens is 1. The van der Waals surface area contributed by atoms with Crippen LogP contribution >= 0.6 is 15.9 Å². The van der Waals surface area contributed by atoms with Gasteiger partial charge in [-0.2, -0.15) is 9.40 Å². The lowest BCUT2D eigenvalue weighted by Crippen LogP contribution is -2.26. The molecule has 0 spiro atoms. The maximum absolute atomic E-state index is 12.1. The number of hydrogen-bond acceptors (Lipinski definition) is 3. The zero-order valence-electron chi connectivity index (χ0n) is 9.67. The molecule has 5 nitrogen and oxygen atoms in total. The molecule has 18 heavy (non-hydrogen) atoms. The fourth-order valence-corrected chi connectivity index (χ4v) is 3.03. The van der Waals surface area contributed by atoms with Crippen molar-refractivity contribution in [1.29, 1.82) is 0 Å².